The van der Waals surface area contributed by atoms with Crippen LogP contribution in [0.25, 0.3) is 5.57 Å². The molecule has 6 nitrogen and oxygen atoms in total. The Hall–Kier alpha value is -3.21. The Bertz CT molecular complexity index is 609. The van der Waals surface area contributed by atoms with E-state index in [9.17, 15) is 0 Å². The van der Waals surface area contributed by atoms with Crippen LogP contribution in [0.2, 0.25) is 0 Å². The quantitative estimate of drug-likeness (QED) is 0.410. The number of rotatable bonds is 0. The monoisotopic (exact) mass is 238 g/mol. The second-order valence-electron chi connectivity index (χ2n) is 3.04. The van der Waals surface area contributed by atoms with Crippen molar-refractivity contribution in [3.05, 3.63) is 47.7 Å². The van der Waals surface area contributed by atoms with Crippen LogP contribution in [0.1, 0.15) is 5.56 Å². The van der Waals surface area contributed by atoms with Gasteiger partial charge in [-0.2, -0.15) is 10.5 Å². The third-order valence-corrected chi connectivity index (χ3v) is 2.10. The summed E-state index contributed by atoms with van der Waals surface area (Å²) in [4.78, 5) is 2.00. The normalized spacial score (nSPS) is 10.4. The lowest BCUT2D eigenvalue weighted by Gasteiger charge is -2.13. The standard InChI is InChI=1S/C12H6N2O.H2N3/c13-7-9(8-14)10-5-6-15-12-4-2-1-3-11(10)12;1-3-2/h1-6H;1-2H/q;+1. The Morgan fingerprint density at radius 1 is 1.17 bits per heavy atom. The van der Waals surface area contributed by atoms with Crippen molar-refractivity contribution in [2.24, 2.45) is 0 Å². The van der Waals surface area contributed by atoms with Crippen molar-refractivity contribution in [1.29, 1.82) is 21.6 Å². The number of hydrogen-bond acceptors (Lipinski definition) is 5. The predicted octanol–water partition coefficient (Wildman–Crippen LogP) is 2.51. The van der Waals surface area contributed by atoms with E-state index in [-0.39, 0.29) is 5.57 Å². The molecule has 1 aromatic rings. The molecule has 0 unspecified atom stereocenters. The van der Waals surface area contributed by atoms with Gasteiger partial charge >= 0.3 is 0 Å². The van der Waals surface area contributed by atoms with Crippen LogP contribution < -0.4 is 9.65 Å². The number of hydrogen-bond donors (Lipinski definition) is 2. The lowest BCUT2D eigenvalue weighted by Crippen LogP contribution is -1.97. The molecule has 1 aromatic carbocycles. The average molecular weight is 238 g/mol. The van der Waals surface area contributed by atoms with Crippen molar-refractivity contribution in [3.63, 3.8) is 0 Å². The maximum Gasteiger partial charge on any atom is 0.211 e. The molecule has 2 N–H and O–H groups in total. The molecule has 0 aliphatic carbocycles. The van der Waals surface area contributed by atoms with Crippen LogP contribution in [0.5, 0.6) is 5.75 Å². The summed E-state index contributed by atoms with van der Waals surface area (Å²) >= 11 is 0. The summed E-state index contributed by atoms with van der Waals surface area (Å²) in [6.07, 6.45) is 3.11. The molecule has 0 atom stereocenters. The molecule has 0 spiro atoms. The van der Waals surface area contributed by atoms with Gasteiger partial charge in [-0.25, -0.2) is 0 Å². The molecule has 0 fully saturated rings. The molecule has 0 radical (unpaired) electrons. The summed E-state index contributed by atoms with van der Waals surface area (Å²) < 4.78 is 5.26. The Balaban J connectivity index is 0.000000492. The molecule has 0 saturated carbocycles. The lowest BCUT2D eigenvalue weighted by atomic mass is 9.99. The van der Waals surface area contributed by atoms with Gasteiger partial charge in [0, 0.05) is 11.1 Å². The Morgan fingerprint density at radius 2 is 1.78 bits per heavy atom. The number of nitriles is 2. The van der Waals surface area contributed by atoms with E-state index >= 15 is 0 Å². The van der Waals surface area contributed by atoms with Crippen LogP contribution in [0, 0.1) is 33.7 Å². The maximum absolute atomic E-state index is 8.80. The zero-order valence-electron chi connectivity index (χ0n) is 9.21. The Labute approximate surface area is 103 Å². The fourth-order valence-corrected chi connectivity index (χ4v) is 1.42. The number of fused-ring (bicyclic) bond motifs is 1. The SMILES string of the molecule is N#CC(C#N)=C1C=COc2ccccc21.N=[N+]=N. The molecule has 0 aromatic heterocycles. The van der Waals surface area contributed by atoms with Crippen molar-refractivity contribution in [3.8, 4) is 17.9 Å². The van der Waals surface area contributed by atoms with Gasteiger partial charge in [-0.05, 0) is 12.1 Å². The highest BCUT2D eigenvalue weighted by Gasteiger charge is 2.14. The van der Waals surface area contributed by atoms with Crippen molar-refractivity contribution in [2.75, 3.05) is 0 Å². The summed E-state index contributed by atoms with van der Waals surface area (Å²) in [7, 11) is 0. The molecule has 0 saturated heterocycles. The number of allylic oxidation sites excluding steroid dienone is 3. The number of para-hydroxylation sites is 1. The van der Waals surface area contributed by atoms with E-state index in [0.717, 1.165) is 5.56 Å². The van der Waals surface area contributed by atoms with E-state index in [1.807, 2.05) is 35.2 Å². The van der Waals surface area contributed by atoms with Gasteiger partial charge in [0.05, 0.1) is 6.26 Å². The van der Waals surface area contributed by atoms with E-state index in [2.05, 4.69) is 0 Å². The smallest absolute Gasteiger partial charge is 0.211 e. The van der Waals surface area contributed by atoms with E-state index in [1.165, 1.54) is 6.26 Å². The highest BCUT2D eigenvalue weighted by Crippen LogP contribution is 2.32. The van der Waals surface area contributed by atoms with Crippen LogP contribution in [-0.4, -0.2) is 0 Å². The molecule has 1 aliphatic heterocycles. The highest BCUT2D eigenvalue weighted by molar-refractivity contribution is 5.85. The van der Waals surface area contributed by atoms with Crippen LogP contribution in [0.15, 0.2) is 42.2 Å². The molecule has 86 valence electrons. The Morgan fingerprint density at radius 3 is 2.39 bits per heavy atom. The zero-order valence-corrected chi connectivity index (χ0v) is 9.21. The molecule has 1 aliphatic rings. The molecule has 18 heavy (non-hydrogen) atoms. The minimum Gasteiger partial charge on any atom is -0.464 e. The first-order chi connectivity index (χ1) is 8.78. The number of benzene rings is 1. The molecule has 0 amide bonds. The second kappa shape index (κ2) is 6.39. The second-order valence-corrected chi connectivity index (χ2v) is 3.04. The third-order valence-electron chi connectivity index (χ3n) is 2.10. The summed E-state index contributed by atoms with van der Waals surface area (Å²) in [5.74, 6) is 0.665. The van der Waals surface area contributed by atoms with E-state index in [4.69, 9.17) is 26.3 Å². The van der Waals surface area contributed by atoms with Gasteiger partial charge < -0.3 is 4.74 Å². The molecule has 1 heterocycles. The van der Waals surface area contributed by atoms with E-state index in [0.29, 0.717) is 11.3 Å². The van der Waals surface area contributed by atoms with Gasteiger partial charge in [-0.3, -0.25) is 0 Å². The summed E-state index contributed by atoms with van der Waals surface area (Å²) in [6, 6.07) is 11.0. The topological polar surface area (TPSA) is 119 Å². The van der Waals surface area contributed by atoms with Crippen LogP contribution in [0.3, 0.4) is 0 Å². The van der Waals surface area contributed by atoms with Gasteiger partial charge in [0.1, 0.15) is 34.5 Å². The van der Waals surface area contributed by atoms with Gasteiger partial charge in [-0.1, -0.05) is 18.2 Å². The molecular weight excluding hydrogens is 230 g/mol. The van der Waals surface area contributed by atoms with Gasteiger partial charge in [0.2, 0.25) is 4.91 Å². The van der Waals surface area contributed by atoms with E-state index < -0.39 is 0 Å². The summed E-state index contributed by atoms with van der Waals surface area (Å²) in [5.41, 5.74) is 12.5. The molecule has 2 rings (SSSR count). The molecule has 0 bridgehead atoms. The molecular formula is C12H8N5O+. The minimum absolute atomic E-state index is 0.0991. The van der Waals surface area contributed by atoms with E-state index in [1.54, 1.807) is 12.1 Å². The maximum atomic E-state index is 8.80. The van der Waals surface area contributed by atoms with Gasteiger partial charge in [0.15, 0.2) is 0 Å². The van der Waals surface area contributed by atoms with Crippen molar-refractivity contribution in [2.45, 2.75) is 0 Å². The van der Waals surface area contributed by atoms with Crippen LogP contribution >= 0.6 is 0 Å². The fraction of sp³-hybridized carbons (Fsp3) is 0. The number of nitrogens with zero attached hydrogens (tertiary/aromatic N) is 3. The van der Waals surface area contributed by atoms with Crippen molar-refractivity contribution in [1.82, 2.24) is 4.91 Å². The van der Waals surface area contributed by atoms with Crippen molar-refractivity contribution >= 4 is 5.57 Å². The largest absolute Gasteiger partial charge is 0.464 e. The summed E-state index contributed by atoms with van der Waals surface area (Å²) in [6.45, 7) is 0. The first kappa shape index (κ1) is 12.9. The first-order valence-electron chi connectivity index (χ1n) is 4.78. The average Bonchev–Trinajstić information content (AvgIpc) is 2.41. The van der Waals surface area contributed by atoms with Crippen molar-refractivity contribution < 1.29 is 4.74 Å². The van der Waals surface area contributed by atoms with Crippen LogP contribution in [0.4, 0.5) is 0 Å². The predicted molar refractivity (Wildman–Crippen MR) is 61.9 cm³/mol. The van der Waals surface area contributed by atoms with Crippen LogP contribution in [-0.2, 0) is 0 Å². The Kier molecular flexibility index (Phi) is 4.56. The molecule has 6 heteroatoms. The first-order valence-corrected chi connectivity index (χ1v) is 4.78. The lowest BCUT2D eigenvalue weighted by molar-refractivity contribution is 0.476. The minimum atomic E-state index is 0.0991. The number of nitrogens with one attached hydrogen (secondary N) is 2. The number of ether oxygens (including phenoxy) is 1. The summed E-state index contributed by atoms with van der Waals surface area (Å²) in [5, 5.41) is 17.6. The fourth-order valence-electron chi connectivity index (χ4n) is 1.42. The highest BCUT2D eigenvalue weighted by atomic mass is 16.5. The van der Waals surface area contributed by atoms with Gasteiger partial charge in [0.25, 0.3) is 0 Å². The third kappa shape index (κ3) is 2.67. The van der Waals surface area contributed by atoms with Gasteiger partial charge in [-0.15, -0.1) is 0 Å². The zero-order chi connectivity index (χ0) is 13.4.